The summed E-state index contributed by atoms with van der Waals surface area (Å²) in [5, 5.41) is 1.24. The molecular weight excluding hydrogens is 374 g/mol. The molecule has 2 aromatic carbocycles. The number of piperidine rings is 1. The van der Waals surface area contributed by atoms with Crippen molar-refractivity contribution in [3.8, 4) is 5.75 Å². The van der Waals surface area contributed by atoms with Crippen LogP contribution in [0.1, 0.15) is 29.9 Å². The van der Waals surface area contributed by atoms with E-state index in [1.807, 2.05) is 12.1 Å². The normalized spacial score (nSPS) is 15.5. The van der Waals surface area contributed by atoms with Crippen LogP contribution in [0.3, 0.4) is 0 Å². The van der Waals surface area contributed by atoms with Gasteiger partial charge in [0.15, 0.2) is 0 Å². The van der Waals surface area contributed by atoms with Gasteiger partial charge in [-0.05, 0) is 42.5 Å². The van der Waals surface area contributed by atoms with Crippen LogP contribution < -0.4 is 4.74 Å². The standard InChI is InChI=1S/C23H22F2N2O2/c24-23(25)29-21-8-4-1-5-17(21)9-10-22(28)27-13-11-16(12-14-27)19-15-26-20-7-3-2-6-18(19)20/h1-10,15-16,23,26H,11-14H2/b10-9+. The molecule has 0 saturated carbocycles. The van der Waals surface area contributed by atoms with E-state index in [9.17, 15) is 13.6 Å². The summed E-state index contributed by atoms with van der Waals surface area (Å²) >= 11 is 0. The summed E-state index contributed by atoms with van der Waals surface area (Å²) in [6.45, 7) is -1.56. The Kier molecular flexibility index (Phi) is 5.60. The number of hydrogen-bond acceptors (Lipinski definition) is 2. The van der Waals surface area contributed by atoms with Crippen LogP contribution in [0.15, 0.2) is 60.8 Å². The van der Waals surface area contributed by atoms with Gasteiger partial charge < -0.3 is 14.6 Å². The third-order valence-corrected chi connectivity index (χ3v) is 5.41. The Hall–Kier alpha value is -3.15. The van der Waals surface area contributed by atoms with Crippen LogP contribution in [0.4, 0.5) is 8.78 Å². The first kappa shape index (κ1) is 19.2. The Morgan fingerprint density at radius 3 is 2.62 bits per heavy atom. The van der Waals surface area contributed by atoms with Crippen LogP contribution in [0.25, 0.3) is 17.0 Å². The zero-order valence-corrected chi connectivity index (χ0v) is 15.9. The van der Waals surface area contributed by atoms with Crippen molar-refractivity contribution >= 4 is 22.9 Å². The van der Waals surface area contributed by atoms with E-state index in [2.05, 4.69) is 28.1 Å². The minimum absolute atomic E-state index is 0.0598. The summed E-state index contributed by atoms with van der Waals surface area (Å²) < 4.78 is 29.5. The number of nitrogens with one attached hydrogen (secondary N) is 1. The van der Waals surface area contributed by atoms with Gasteiger partial charge in [-0.25, -0.2) is 0 Å². The van der Waals surface area contributed by atoms with Gasteiger partial charge in [0.05, 0.1) is 0 Å². The van der Waals surface area contributed by atoms with Crippen molar-refractivity contribution in [2.45, 2.75) is 25.4 Å². The van der Waals surface area contributed by atoms with Gasteiger partial charge in [0.1, 0.15) is 5.75 Å². The Morgan fingerprint density at radius 1 is 1.10 bits per heavy atom. The van der Waals surface area contributed by atoms with Crippen LogP contribution in [0.5, 0.6) is 5.75 Å². The smallest absolute Gasteiger partial charge is 0.387 e. The molecule has 29 heavy (non-hydrogen) atoms. The van der Waals surface area contributed by atoms with Gasteiger partial charge in [0.25, 0.3) is 0 Å². The molecule has 0 bridgehead atoms. The van der Waals surface area contributed by atoms with Crippen molar-refractivity contribution in [2.24, 2.45) is 0 Å². The first-order valence-corrected chi connectivity index (χ1v) is 9.68. The van der Waals surface area contributed by atoms with Gasteiger partial charge >= 0.3 is 6.61 Å². The fraction of sp³-hybridized carbons (Fsp3) is 0.261. The summed E-state index contributed by atoms with van der Waals surface area (Å²) in [6.07, 6.45) is 6.83. The molecule has 6 heteroatoms. The highest BCUT2D eigenvalue weighted by Crippen LogP contribution is 2.33. The lowest BCUT2D eigenvalue weighted by Gasteiger charge is -2.31. The lowest BCUT2D eigenvalue weighted by molar-refractivity contribution is -0.126. The number of aromatic nitrogens is 1. The summed E-state index contributed by atoms with van der Waals surface area (Å²) in [5.41, 5.74) is 2.89. The van der Waals surface area contributed by atoms with Crippen LogP contribution >= 0.6 is 0 Å². The molecule has 1 aliphatic rings. The van der Waals surface area contributed by atoms with Crippen molar-refractivity contribution in [2.75, 3.05) is 13.1 Å². The molecule has 4 nitrogen and oxygen atoms in total. The van der Waals surface area contributed by atoms with Crippen molar-refractivity contribution in [1.29, 1.82) is 0 Å². The molecule has 150 valence electrons. The maximum Gasteiger partial charge on any atom is 0.387 e. The number of para-hydroxylation sites is 2. The van der Waals surface area contributed by atoms with Crippen molar-refractivity contribution in [1.82, 2.24) is 9.88 Å². The number of nitrogens with zero attached hydrogens (tertiary/aromatic N) is 1. The number of H-pyrrole nitrogens is 1. The number of amides is 1. The molecule has 0 radical (unpaired) electrons. The fourth-order valence-electron chi connectivity index (χ4n) is 3.93. The van der Waals surface area contributed by atoms with Crippen molar-refractivity contribution in [3.05, 3.63) is 71.9 Å². The third-order valence-electron chi connectivity index (χ3n) is 5.41. The van der Waals surface area contributed by atoms with E-state index in [0.717, 1.165) is 18.4 Å². The maximum absolute atomic E-state index is 12.6. The van der Waals surface area contributed by atoms with E-state index < -0.39 is 6.61 Å². The number of hydrogen-bond donors (Lipinski definition) is 1. The van der Waals surface area contributed by atoms with E-state index in [-0.39, 0.29) is 11.7 Å². The van der Waals surface area contributed by atoms with Crippen LogP contribution in [-0.2, 0) is 4.79 Å². The Morgan fingerprint density at radius 2 is 1.83 bits per heavy atom. The molecule has 1 saturated heterocycles. The largest absolute Gasteiger partial charge is 0.434 e. The van der Waals surface area contributed by atoms with Gasteiger partial charge in [-0.15, -0.1) is 0 Å². The van der Waals surface area contributed by atoms with E-state index in [1.54, 1.807) is 23.1 Å². The number of rotatable bonds is 5. The van der Waals surface area contributed by atoms with Crippen LogP contribution in [0.2, 0.25) is 0 Å². The van der Waals surface area contributed by atoms with Crippen molar-refractivity contribution in [3.63, 3.8) is 0 Å². The number of ether oxygens (including phenoxy) is 1. The molecule has 0 aliphatic carbocycles. The van der Waals surface area contributed by atoms with E-state index in [0.29, 0.717) is 24.6 Å². The van der Waals surface area contributed by atoms with E-state index >= 15 is 0 Å². The molecule has 4 rings (SSSR count). The number of aromatic amines is 1. The molecule has 0 unspecified atom stereocenters. The molecule has 0 spiro atoms. The first-order chi connectivity index (χ1) is 14.1. The Bertz CT molecular complexity index is 1020. The molecule has 1 fully saturated rings. The number of likely N-dealkylation sites (tertiary alicyclic amines) is 1. The lowest BCUT2D eigenvalue weighted by Crippen LogP contribution is -2.36. The molecule has 1 aromatic heterocycles. The fourth-order valence-corrected chi connectivity index (χ4v) is 3.93. The quantitative estimate of drug-likeness (QED) is 0.604. The summed E-state index contributed by atoms with van der Waals surface area (Å²) in [7, 11) is 0. The van der Waals surface area contributed by atoms with Gasteiger partial charge in [-0.3, -0.25) is 4.79 Å². The molecular formula is C23H22F2N2O2. The first-order valence-electron chi connectivity index (χ1n) is 9.68. The summed E-state index contributed by atoms with van der Waals surface area (Å²) in [6, 6.07) is 14.7. The average Bonchev–Trinajstić information content (AvgIpc) is 3.17. The van der Waals surface area contributed by atoms with Gasteiger partial charge in [0, 0.05) is 41.8 Å². The van der Waals surface area contributed by atoms with Gasteiger partial charge in [-0.1, -0.05) is 36.4 Å². The Labute approximate surface area is 167 Å². The predicted molar refractivity (Wildman–Crippen MR) is 109 cm³/mol. The number of carbonyl (C=O) groups is 1. The topological polar surface area (TPSA) is 45.3 Å². The molecule has 1 aliphatic heterocycles. The SMILES string of the molecule is O=C(/C=C/c1ccccc1OC(F)F)N1CCC(c2c[nH]c3ccccc23)CC1. The molecule has 3 aromatic rings. The zero-order valence-electron chi connectivity index (χ0n) is 15.9. The highest BCUT2D eigenvalue weighted by atomic mass is 19.3. The highest BCUT2D eigenvalue weighted by Gasteiger charge is 2.24. The zero-order chi connectivity index (χ0) is 20.2. The molecule has 1 N–H and O–H groups in total. The number of carbonyl (C=O) groups excluding carboxylic acids is 1. The highest BCUT2D eigenvalue weighted by molar-refractivity contribution is 5.92. The number of halogens is 2. The van der Waals surface area contributed by atoms with Gasteiger partial charge in [0.2, 0.25) is 5.91 Å². The summed E-state index contributed by atoms with van der Waals surface area (Å²) in [4.78, 5) is 17.7. The minimum atomic E-state index is -2.90. The predicted octanol–water partition coefficient (Wildman–Crippen LogP) is 5.19. The second-order valence-corrected chi connectivity index (χ2v) is 7.14. The number of alkyl halides is 2. The van der Waals surface area contributed by atoms with Crippen LogP contribution in [-0.4, -0.2) is 35.5 Å². The molecule has 0 atom stereocenters. The van der Waals surface area contributed by atoms with Crippen LogP contribution in [0, 0.1) is 0 Å². The van der Waals surface area contributed by atoms with E-state index in [4.69, 9.17) is 0 Å². The van der Waals surface area contributed by atoms with E-state index in [1.165, 1.54) is 29.2 Å². The second-order valence-electron chi connectivity index (χ2n) is 7.14. The molecule has 1 amide bonds. The maximum atomic E-state index is 12.6. The van der Waals surface area contributed by atoms with Crippen molar-refractivity contribution < 1.29 is 18.3 Å². The van der Waals surface area contributed by atoms with Gasteiger partial charge in [-0.2, -0.15) is 8.78 Å². The average molecular weight is 396 g/mol. The second kappa shape index (κ2) is 8.47. The minimum Gasteiger partial charge on any atom is -0.434 e. The Balaban J connectivity index is 1.39. The number of fused-ring (bicyclic) bond motifs is 1. The monoisotopic (exact) mass is 396 g/mol. The summed E-state index contributed by atoms with van der Waals surface area (Å²) in [5.74, 6) is 0.359. The molecule has 2 heterocycles. The third kappa shape index (κ3) is 4.31. The lowest BCUT2D eigenvalue weighted by atomic mass is 9.89. The number of benzene rings is 2.